The van der Waals surface area contributed by atoms with Crippen molar-refractivity contribution in [1.29, 1.82) is 0 Å². The number of carbonyl (C=O) groups is 1. The standard InChI is InChI=1S/C10H5BrClF2N3O2/c11-5-3-4(12)1-2-6(5)17-8(10(18)19)7(9(13)14)15-16-17/h1-3,9H,(H,18,19). The third-order valence-electron chi connectivity index (χ3n) is 2.24. The number of carboxylic acids is 1. The van der Waals surface area contributed by atoms with Crippen molar-refractivity contribution in [1.82, 2.24) is 15.0 Å². The van der Waals surface area contributed by atoms with E-state index < -0.39 is 23.8 Å². The van der Waals surface area contributed by atoms with E-state index in [2.05, 4.69) is 26.2 Å². The molecule has 0 fully saturated rings. The molecule has 2 aromatic rings. The minimum absolute atomic E-state index is 0.251. The predicted octanol–water partition coefficient (Wildman–Crippen LogP) is 3.32. The maximum Gasteiger partial charge on any atom is 0.356 e. The Balaban J connectivity index is 2.66. The van der Waals surface area contributed by atoms with E-state index in [1.165, 1.54) is 18.2 Å². The molecule has 0 aliphatic carbocycles. The molecule has 0 bridgehead atoms. The summed E-state index contributed by atoms with van der Waals surface area (Å²) in [6.45, 7) is 0. The van der Waals surface area contributed by atoms with Gasteiger partial charge in [0, 0.05) is 9.50 Å². The average molecular weight is 353 g/mol. The molecule has 19 heavy (non-hydrogen) atoms. The fourth-order valence-electron chi connectivity index (χ4n) is 1.46. The fraction of sp³-hybridized carbons (Fsp3) is 0.100. The Kier molecular flexibility index (Phi) is 3.81. The Morgan fingerprint density at radius 3 is 2.68 bits per heavy atom. The summed E-state index contributed by atoms with van der Waals surface area (Å²) < 4.78 is 26.6. The van der Waals surface area contributed by atoms with Gasteiger partial charge in [-0.05, 0) is 34.1 Å². The van der Waals surface area contributed by atoms with E-state index in [0.717, 1.165) is 4.68 Å². The number of hydrogen-bond donors (Lipinski definition) is 1. The molecule has 0 aliphatic heterocycles. The van der Waals surface area contributed by atoms with Crippen molar-refractivity contribution >= 4 is 33.5 Å². The molecule has 2 rings (SSSR count). The molecule has 0 aliphatic rings. The molecule has 0 spiro atoms. The Morgan fingerprint density at radius 2 is 2.16 bits per heavy atom. The summed E-state index contributed by atoms with van der Waals surface area (Å²) in [6, 6.07) is 4.42. The largest absolute Gasteiger partial charge is 0.476 e. The number of halogens is 4. The summed E-state index contributed by atoms with van der Waals surface area (Å²) in [7, 11) is 0. The Hall–Kier alpha value is -1.54. The van der Waals surface area contributed by atoms with Crippen LogP contribution in [0, 0.1) is 0 Å². The molecule has 5 nitrogen and oxygen atoms in total. The predicted molar refractivity (Wildman–Crippen MR) is 66.0 cm³/mol. The molecule has 0 atom stereocenters. The van der Waals surface area contributed by atoms with Crippen molar-refractivity contribution < 1.29 is 18.7 Å². The van der Waals surface area contributed by atoms with Gasteiger partial charge in [-0.25, -0.2) is 18.3 Å². The molecule has 1 heterocycles. The van der Waals surface area contributed by atoms with E-state index in [4.69, 9.17) is 16.7 Å². The van der Waals surface area contributed by atoms with Crippen LogP contribution in [0.1, 0.15) is 22.6 Å². The number of rotatable bonds is 3. The molecule has 1 N–H and O–H groups in total. The number of nitrogens with zero attached hydrogens (tertiary/aromatic N) is 3. The van der Waals surface area contributed by atoms with E-state index in [1.54, 1.807) is 0 Å². The number of aromatic nitrogens is 3. The normalized spacial score (nSPS) is 11.0. The Labute approximate surface area is 118 Å². The molecular weight excluding hydrogens is 347 g/mol. The highest BCUT2D eigenvalue weighted by Gasteiger charge is 2.27. The third kappa shape index (κ3) is 2.59. The van der Waals surface area contributed by atoms with E-state index in [1.807, 2.05) is 0 Å². The zero-order valence-electron chi connectivity index (χ0n) is 9.02. The zero-order chi connectivity index (χ0) is 14.2. The number of alkyl halides is 2. The zero-order valence-corrected chi connectivity index (χ0v) is 11.4. The van der Waals surface area contributed by atoms with Crippen molar-refractivity contribution in [2.24, 2.45) is 0 Å². The summed E-state index contributed by atoms with van der Waals surface area (Å²) in [5.74, 6) is -1.54. The van der Waals surface area contributed by atoms with Crippen molar-refractivity contribution in [3.05, 3.63) is 39.1 Å². The second kappa shape index (κ2) is 5.22. The van der Waals surface area contributed by atoms with Gasteiger partial charge in [-0.3, -0.25) is 0 Å². The van der Waals surface area contributed by atoms with Gasteiger partial charge in [0.05, 0.1) is 5.69 Å². The smallest absolute Gasteiger partial charge is 0.356 e. The summed E-state index contributed by atoms with van der Waals surface area (Å²) in [5.41, 5.74) is -1.31. The van der Waals surface area contributed by atoms with Crippen LogP contribution in [0.4, 0.5) is 8.78 Å². The van der Waals surface area contributed by atoms with E-state index in [-0.39, 0.29) is 5.69 Å². The number of carboxylic acid groups (broad SMARTS) is 1. The van der Waals surface area contributed by atoms with Crippen LogP contribution in [0.2, 0.25) is 5.02 Å². The van der Waals surface area contributed by atoms with Gasteiger partial charge in [-0.15, -0.1) is 5.10 Å². The minimum Gasteiger partial charge on any atom is -0.476 e. The summed E-state index contributed by atoms with van der Waals surface area (Å²) in [6.07, 6.45) is -3.02. The number of aromatic carboxylic acids is 1. The van der Waals surface area contributed by atoms with Crippen molar-refractivity contribution in [2.45, 2.75) is 6.43 Å². The Morgan fingerprint density at radius 1 is 1.47 bits per heavy atom. The lowest BCUT2D eigenvalue weighted by molar-refractivity contribution is 0.0673. The van der Waals surface area contributed by atoms with Crippen LogP contribution in [-0.4, -0.2) is 26.1 Å². The molecule has 1 aromatic heterocycles. The van der Waals surface area contributed by atoms with E-state index in [9.17, 15) is 13.6 Å². The fourth-order valence-corrected chi connectivity index (χ4v) is 2.31. The summed E-state index contributed by atoms with van der Waals surface area (Å²) >= 11 is 8.91. The van der Waals surface area contributed by atoms with Gasteiger partial charge >= 0.3 is 5.97 Å². The lowest BCUT2D eigenvalue weighted by Crippen LogP contribution is -2.10. The van der Waals surface area contributed by atoms with Crippen LogP contribution in [-0.2, 0) is 0 Å². The summed E-state index contributed by atoms with van der Waals surface area (Å²) in [4.78, 5) is 11.1. The molecule has 0 saturated heterocycles. The highest BCUT2D eigenvalue weighted by atomic mass is 79.9. The van der Waals surface area contributed by atoms with Crippen LogP contribution in [0.5, 0.6) is 0 Å². The first-order valence-electron chi connectivity index (χ1n) is 4.84. The quantitative estimate of drug-likeness (QED) is 0.920. The molecule has 0 saturated carbocycles. The van der Waals surface area contributed by atoms with Crippen molar-refractivity contribution in [3.8, 4) is 5.69 Å². The SMILES string of the molecule is O=C(O)c1c(C(F)F)nnn1-c1ccc(Cl)cc1Br. The molecule has 0 unspecified atom stereocenters. The molecular formula is C10H5BrClF2N3O2. The highest BCUT2D eigenvalue weighted by molar-refractivity contribution is 9.10. The van der Waals surface area contributed by atoms with Crippen LogP contribution in [0.3, 0.4) is 0 Å². The molecule has 9 heteroatoms. The molecule has 100 valence electrons. The van der Waals surface area contributed by atoms with Gasteiger partial charge in [0.1, 0.15) is 0 Å². The van der Waals surface area contributed by atoms with Gasteiger partial charge in [-0.1, -0.05) is 16.8 Å². The second-order valence-corrected chi connectivity index (χ2v) is 4.73. The van der Waals surface area contributed by atoms with E-state index >= 15 is 0 Å². The number of hydrogen-bond acceptors (Lipinski definition) is 3. The first-order valence-corrected chi connectivity index (χ1v) is 6.01. The van der Waals surface area contributed by atoms with Crippen LogP contribution in [0.25, 0.3) is 5.69 Å². The maximum absolute atomic E-state index is 12.7. The van der Waals surface area contributed by atoms with Crippen LogP contribution >= 0.6 is 27.5 Å². The first-order chi connectivity index (χ1) is 8.91. The van der Waals surface area contributed by atoms with Gasteiger partial charge in [0.25, 0.3) is 6.43 Å². The second-order valence-electron chi connectivity index (χ2n) is 3.44. The van der Waals surface area contributed by atoms with Gasteiger partial charge in [0.2, 0.25) is 0 Å². The Bertz CT molecular complexity index is 648. The summed E-state index contributed by atoms with van der Waals surface area (Å²) in [5, 5.41) is 16.1. The average Bonchev–Trinajstić information content (AvgIpc) is 2.73. The monoisotopic (exact) mass is 351 g/mol. The molecule has 1 aromatic carbocycles. The highest BCUT2D eigenvalue weighted by Crippen LogP contribution is 2.28. The van der Waals surface area contributed by atoms with E-state index in [0.29, 0.717) is 9.50 Å². The molecule has 0 radical (unpaired) electrons. The van der Waals surface area contributed by atoms with Gasteiger partial charge in [-0.2, -0.15) is 0 Å². The van der Waals surface area contributed by atoms with Gasteiger partial charge < -0.3 is 5.11 Å². The van der Waals surface area contributed by atoms with Crippen LogP contribution in [0.15, 0.2) is 22.7 Å². The van der Waals surface area contributed by atoms with Crippen LogP contribution < -0.4 is 0 Å². The lowest BCUT2D eigenvalue weighted by atomic mass is 10.3. The molecule has 0 amide bonds. The maximum atomic E-state index is 12.7. The lowest BCUT2D eigenvalue weighted by Gasteiger charge is -2.06. The topological polar surface area (TPSA) is 68.0 Å². The van der Waals surface area contributed by atoms with Crippen molar-refractivity contribution in [2.75, 3.05) is 0 Å². The number of benzene rings is 1. The minimum atomic E-state index is -3.02. The van der Waals surface area contributed by atoms with Gasteiger partial charge in [0.15, 0.2) is 11.4 Å². The first kappa shape index (κ1) is 13.9. The third-order valence-corrected chi connectivity index (χ3v) is 3.11. The van der Waals surface area contributed by atoms with Crippen molar-refractivity contribution in [3.63, 3.8) is 0 Å².